The third kappa shape index (κ3) is 3.71. The van der Waals surface area contributed by atoms with Crippen LogP contribution in [0.1, 0.15) is 5.69 Å². The largest absolute Gasteiger partial charge is 0.496 e. The van der Waals surface area contributed by atoms with E-state index in [0.717, 1.165) is 17.8 Å². The van der Waals surface area contributed by atoms with Crippen molar-refractivity contribution in [3.63, 3.8) is 0 Å². The van der Waals surface area contributed by atoms with Gasteiger partial charge in [-0.25, -0.2) is 9.97 Å². The van der Waals surface area contributed by atoms with Crippen LogP contribution in [0.2, 0.25) is 0 Å². The van der Waals surface area contributed by atoms with Crippen LogP contribution in [0.4, 0.5) is 13.2 Å². The van der Waals surface area contributed by atoms with E-state index in [1.165, 1.54) is 12.3 Å². The van der Waals surface area contributed by atoms with E-state index in [-0.39, 0.29) is 11.6 Å². The standard InChI is InChI=1S/C18H13F3N2O2/c1-24-15-7-3-2-5-13(15)14-6-4-10-22-17(14)25-12-8-9-16(23-11-12)18(19,20)21/h2-11H,1H3. The Bertz CT molecular complexity index is 865. The van der Waals surface area contributed by atoms with E-state index >= 15 is 0 Å². The van der Waals surface area contributed by atoms with Gasteiger partial charge in [-0.1, -0.05) is 18.2 Å². The summed E-state index contributed by atoms with van der Waals surface area (Å²) in [5.41, 5.74) is 0.429. The smallest absolute Gasteiger partial charge is 0.433 e. The van der Waals surface area contributed by atoms with Gasteiger partial charge in [-0.2, -0.15) is 13.2 Å². The molecule has 3 aromatic rings. The first-order valence-electron chi connectivity index (χ1n) is 7.28. The average Bonchev–Trinajstić information content (AvgIpc) is 2.62. The highest BCUT2D eigenvalue weighted by Crippen LogP contribution is 2.37. The van der Waals surface area contributed by atoms with Gasteiger partial charge in [-0.3, -0.25) is 0 Å². The summed E-state index contributed by atoms with van der Waals surface area (Å²) in [6.07, 6.45) is -1.94. The van der Waals surface area contributed by atoms with E-state index in [0.29, 0.717) is 11.3 Å². The molecule has 2 aromatic heterocycles. The molecular formula is C18H13F3N2O2. The highest BCUT2D eigenvalue weighted by atomic mass is 19.4. The quantitative estimate of drug-likeness (QED) is 0.669. The van der Waals surface area contributed by atoms with Crippen LogP contribution in [0.5, 0.6) is 17.4 Å². The molecule has 0 fully saturated rings. The van der Waals surface area contributed by atoms with Gasteiger partial charge >= 0.3 is 6.18 Å². The number of methoxy groups -OCH3 is 1. The lowest BCUT2D eigenvalue weighted by Gasteiger charge is -2.13. The van der Waals surface area contributed by atoms with Crippen LogP contribution in [-0.2, 0) is 6.18 Å². The topological polar surface area (TPSA) is 44.2 Å². The summed E-state index contributed by atoms with van der Waals surface area (Å²) < 4.78 is 48.7. The Hall–Kier alpha value is -3.09. The highest BCUT2D eigenvalue weighted by molar-refractivity contribution is 5.74. The van der Waals surface area contributed by atoms with Crippen LogP contribution in [0, 0.1) is 0 Å². The molecule has 0 spiro atoms. The summed E-state index contributed by atoms with van der Waals surface area (Å²) in [7, 11) is 1.55. The van der Waals surface area contributed by atoms with E-state index in [1.54, 1.807) is 25.3 Å². The molecule has 0 N–H and O–H groups in total. The van der Waals surface area contributed by atoms with Crippen molar-refractivity contribution in [2.45, 2.75) is 6.18 Å². The van der Waals surface area contributed by atoms with Gasteiger partial charge in [0.05, 0.1) is 13.3 Å². The molecule has 7 heteroatoms. The molecule has 3 rings (SSSR count). The maximum atomic E-state index is 12.6. The van der Waals surface area contributed by atoms with Crippen LogP contribution >= 0.6 is 0 Å². The first kappa shape index (κ1) is 16.8. The zero-order valence-electron chi connectivity index (χ0n) is 13.1. The van der Waals surface area contributed by atoms with Gasteiger partial charge in [-0.15, -0.1) is 0 Å². The fourth-order valence-electron chi connectivity index (χ4n) is 2.26. The number of rotatable bonds is 4. The number of hydrogen-bond acceptors (Lipinski definition) is 4. The molecule has 0 radical (unpaired) electrons. The Balaban J connectivity index is 1.94. The third-order valence-corrected chi connectivity index (χ3v) is 3.41. The summed E-state index contributed by atoms with van der Waals surface area (Å²) in [6, 6.07) is 12.9. The van der Waals surface area contributed by atoms with Crippen molar-refractivity contribution < 1.29 is 22.6 Å². The second kappa shape index (κ2) is 6.80. The number of ether oxygens (including phenoxy) is 2. The summed E-state index contributed by atoms with van der Waals surface area (Å²) in [5.74, 6) is 1.03. The SMILES string of the molecule is COc1ccccc1-c1cccnc1Oc1ccc(C(F)(F)F)nc1. The molecule has 0 unspecified atom stereocenters. The van der Waals surface area contributed by atoms with Gasteiger partial charge in [0.2, 0.25) is 5.88 Å². The number of pyridine rings is 2. The molecule has 25 heavy (non-hydrogen) atoms. The first-order valence-corrected chi connectivity index (χ1v) is 7.28. The minimum atomic E-state index is -4.49. The molecule has 1 aromatic carbocycles. The Morgan fingerprint density at radius 2 is 1.64 bits per heavy atom. The Labute approximate surface area is 141 Å². The number of para-hydroxylation sites is 1. The van der Waals surface area contributed by atoms with Crippen molar-refractivity contribution >= 4 is 0 Å². The fraction of sp³-hybridized carbons (Fsp3) is 0.111. The number of aromatic nitrogens is 2. The van der Waals surface area contributed by atoms with Crippen LogP contribution < -0.4 is 9.47 Å². The molecule has 0 bridgehead atoms. The van der Waals surface area contributed by atoms with Crippen molar-refractivity contribution in [3.8, 4) is 28.5 Å². The van der Waals surface area contributed by atoms with Gasteiger partial charge in [0.15, 0.2) is 0 Å². The minimum Gasteiger partial charge on any atom is -0.496 e. The third-order valence-electron chi connectivity index (χ3n) is 3.41. The zero-order chi connectivity index (χ0) is 17.9. The number of halogens is 3. The Morgan fingerprint density at radius 3 is 2.32 bits per heavy atom. The molecule has 0 atom stereocenters. The molecule has 0 amide bonds. The van der Waals surface area contributed by atoms with Crippen LogP contribution in [0.3, 0.4) is 0 Å². The zero-order valence-corrected chi connectivity index (χ0v) is 13.1. The molecular weight excluding hydrogens is 333 g/mol. The van der Waals surface area contributed by atoms with Crippen LogP contribution in [0.25, 0.3) is 11.1 Å². The molecule has 0 aliphatic carbocycles. The van der Waals surface area contributed by atoms with Gasteiger partial charge < -0.3 is 9.47 Å². The van der Waals surface area contributed by atoms with Gasteiger partial charge in [-0.05, 0) is 30.3 Å². The number of benzene rings is 1. The summed E-state index contributed by atoms with van der Waals surface area (Å²) in [6.45, 7) is 0. The van der Waals surface area contributed by atoms with Crippen molar-refractivity contribution in [1.29, 1.82) is 0 Å². The predicted molar refractivity (Wildman–Crippen MR) is 85.5 cm³/mol. The molecule has 128 valence electrons. The minimum absolute atomic E-state index is 0.155. The van der Waals surface area contributed by atoms with E-state index < -0.39 is 11.9 Å². The molecule has 0 aliphatic heterocycles. The Morgan fingerprint density at radius 1 is 0.880 bits per heavy atom. The Kier molecular flexibility index (Phi) is 4.56. The molecule has 0 aliphatic rings. The average molecular weight is 346 g/mol. The van der Waals surface area contributed by atoms with Crippen molar-refractivity contribution in [2.75, 3.05) is 7.11 Å². The number of alkyl halides is 3. The maximum absolute atomic E-state index is 12.6. The van der Waals surface area contributed by atoms with E-state index in [1.807, 2.05) is 18.2 Å². The van der Waals surface area contributed by atoms with Gasteiger partial charge in [0, 0.05) is 17.3 Å². The lowest BCUT2D eigenvalue weighted by atomic mass is 10.1. The second-order valence-electron chi connectivity index (χ2n) is 5.04. The van der Waals surface area contributed by atoms with Gasteiger partial charge in [0.25, 0.3) is 0 Å². The summed E-state index contributed by atoms with van der Waals surface area (Å²) in [5, 5.41) is 0. The monoisotopic (exact) mass is 346 g/mol. The van der Waals surface area contributed by atoms with Crippen molar-refractivity contribution in [2.24, 2.45) is 0 Å². The molecule has 0 saturated carbocycles. The van der Waals surface area contributed by atoms with E-state index in [2.05, 4.69) is 9.97 Å². The predicted octanol–water partition coefficient (Wildman–Crippen LogP) is 4.96. The van der Waals surface area contributed by atoms with Gasteiger partial charge in [0.1, 0.15) is 17.2 Å². The number of nitrogens with zero attached hydrogens (tertiary/aromatic N) is 2. The summed E-state index contributed by atoms with van der Waals surface area (Å²) >= 11 is 0. The second-order valence-corrected chi connectivity index (χ2v) is 5.04. The molecule has 0 saturated heterocycles. The van der Waals surface area contributed by atoms with Crippen LogP contribution in [-0.4, -0.2) is 17.1 Å². The van der Waals surface area contributed by atoms with Crippen molar-refractivity contribution in [1.82, 2.24) is 9.97 Å². The van der Waals surface area contributed by atoms with E-state index in [4.69, 9.17) is 9.47 Å². The summed E-state index contributed by atoms with van der Waals surface area (Å²) in [4.78, 5) is 7.55. The van der Waals surface area contributed by atoms with Crippen LogP contribution in [0.15, 0.2) is 60.9 Å². The molecule has 2 heterocycles. The van der Waals surface area contributed by atoms with Crippen molar-refractivity contribution in [3.05, 3.63) is 66.6 Å². The highest BCUT2D eigenvalue weighted by Gasteiger charge is 2.32. The number of hydrogen-bond donors (Lipinski definition) is 0. The fourth-order valence-corrected chi connectivity index (χ4v) is 2.26. The van der Waals surface area contributed by atoms with E-state index in [9.17, 15) is 13.2 Å². The lowest BCUT2D eigenvalue weighted by Crippen LogP contribution is -2.07. The normalized spacial score (nSPS) is 11.2. The maximum Gasteiger partial charge on any atom is 0.433 e. The first-order chi connectivity index (χ1) is 12.0. The molecule has 4 nitrogen and oxygen atoms in total. The lowest BCUT2D eigenvalue weighted by molar-refractivity contribution is -0.141.